The molecule has 30 valence electrons. The third-order valence-corrected chi connectivity index (χ3v) is 0. The second-order valence-electron chi connectivity index (χ2n) is 0.408. The van der Waals surface area contributed by atoms with Gasteiger partial charge in [0, 0.05) is 0 Å². The van der Waals surface area contributed by atoms with Crippen LogP contribution in [0.2, 0.25) is 0 Å². The average Bonchev–Trinajstić information content (AvgIpc) is 1.39. The van der Waals surface area contributed by atoms with E-state index in [1.807, 2.05) is 6.92 Å². The Kier molecular flexibility index (Phi) is 74.7. The molecule has 2 N–H and O–H groups in total. The van der Waals surface area contributed by atoms with E-state index in [9.17, 15) is 0 Å². The molecule has 0 spiro atoms. The van der Waals surface area contributed by atoms with Crippen molar-refractivity contribution in [3.05, 3.63) is 0 Å². The number of nitrogens with two attached hydrogens (primary N) is 1. The first-order chi connectivity index (χ1) is 2.83. The monoisotopic (exact) mass is 72.1 g/mol. The van der Waals surface area contributed by atoms with E-state index in [1.165, 1.54) is 6.40 Å². The molecule has 0 aromatic carbocycles. The lowest BCUT2D eigenvalue weighted by Gasteiger charge is -1.53. The summed E-state index contributed by atoms with van der Waals surface area (Å²) in [7, 11) is 0. The molecule has 0 saturated carbocycles. The molecule has 0 aliphatic rings. The molecule has 0 fully saturated rings. The van der Waals surface area contributed by atoms with Gasteiger partial charge in [0.05, 0.1) is 0 Å². The van der Waals surface area contributed by atoms with Gasteiger partial charge in [-0.15, -0.1) is 12.8 Å². The van der Waals surface area contributed by atoms with Crippen molar-refractivity contribution in [2.75, 3.05) is 6.54 Å². The molecule has 0 aromatic heterocycles. The summed E-state index contributed by atoms with van der Waals surface area (Å²) < 4.78 is 5.74. The molecule has 0 radical (unpaired) electrons. The van der Waals surface area contributed by atoms with E-state index in [4.69, 9.17) is 7.10 Å². The molecular weight excluding hydrogens is 62.1 g/mol. The van der Waals surface area contributed by atoms with Crippen molar-refractivity contribution in [3.8, 4) is 12.8 Å². The van der Waals surface area contributed by atoms with Gasteiger partial charge < -0.3 is 5.73 Å². The SMILES string of the molecule is CCN.[2H]C#C. The molecule has 0 heterocycles. The van der Waals surface area contributed by atoms with E-state index in [0.29, 0.717) is 0 Å². The predicted molar refractivity (Wildman–Crippen MR) is 24.6 cm³/mol. The highest BCUT2D eigenvalue weighted by Crippen LogP contribution is 1.20. The van der Waals surface area contributed by atoms with Gasteiger partial charge in [0.1, 0.15) is 1.37 Å². The van der Waals surface area contributed by atoms with E-state index in [0.717, 1.165) is 6.54 Å². The van der Waals surface area contributed by atoms with Crippen LogP contribution in [-0.4, -0.2) is 6.54 Å². The molecule has 1 nitrogen and oxygen atoms in total. The van der Waals surface area contributed by atoms with Crippen molar-refractivity contribution in [3.63, 3.8) is 0 Å². The van der Waals surface area contributed by atoms with Crippen LogP contribution >= 0.6 is 0 Å². The molecule has 0 aliphatic heterocycles. The third-order valence-electron chi connectivity index (χ3n) is 0. The summed E-state index contributed by atoms with van der Waals surface area (Å²) in [5.74, 6) is 0. The van der Waals surface area contributed by atoms with Gasteiger partial charge in [0.25, 0.3) is 0 Å². The normalized spacial score (nSPS) is 5.40. The number of hydrogen-bond acceptors (Lipinski definition) is 1. The van der Waals surface area contributed by atoms with Crippen LogP contribution in [-0.2, 0) is 0 Å². The van der Waals surface area contributed by atoms with Crippen molar-refractivity contribution in [2.45, 2.75) is 6.92 Å². The van der Waals surface area contributed by atoms with E-state index >= 15 is 0 Å². The lowest BCUT2D eigenvalue weighted by Crippen LogP contribution is -1.87. The zero-order chi connectivity index (χ0) is 5.41. The first-order valence-electron chi connectivity index (χ1n) is 1.90. The molecule has 0 aliphatic carbocycles. The summed E-state index contributed by atoms with van der Waals surface area (Å²) in [5, 5.41) is 0. The van der Waals surface area contributed by atoms with Gasteiger partial charge in [-0.05, 0) is 6.54 Å². The maximum absolute atomic E-state index is 5.74. The Labute approximate surface area is 34.6 Å². The van der Waals surface area contributed by atoms with Crippen LogP contribution in [0.25, 0.3) is 0 Å². The Bertz CT molecular complexity index is 37.3. The summed E-state index contributed by atoms with van der Waals surface area (Å²) in [6.07, 6.45) is 5.76. The first-order valence-corrected chi connectivity index (χ1v) is 1.40. The number of terminal acetylenes is 1. The lowest BCUT2D eigenvalue weighted by atomic mass is 10.8. The molecule has 0 amide bonds. The molecule has 0 bridgehead atoms. The zero-order valence-electron chi connectivity index (χ0n) is 4.36. The molecule has 0 aromatic rings. The van der Waals surface area contributed by atoms with Crippen LogP contribution in [0.1, 0.15) is 8.29 Å². The molecule has 0 unspecified atom stereocenters. The Morgan fingerprint density at radius 1 is 2.20 bits per heavy atom. The van der Waals surface area contributed by atoms with Gasteiger partial charge in [-0.2, -0.15) is 0 Å². The second-order valence-corrected chi connectivity index (χ2v) is 0.408. The maximum Gasteiger partial charge on any atom is 0.124 e. The smallest absolute Gasteiger partial charge is 0.124 e. The van der Waals surface area contributed by atoms with Crippen LogP contribution in [0.3, 0.4) is 0 Å². The highest BCUT2D eigenvalue weighted by atomic mass is 14.5. The van der Waals surface area contributed by atoms with E-state index in [2.05, 4.69) is 6.42 Å². The van der Waals surface area contributed by atoms with Gasteiger partial charge in [-0.3, -0.25) is 0 Å². The minimum atomic E-state index is 0.750. The van der Waals surface area contributed by atoms with Crippen molar-refractivity contribution in [2.24, 2.45) is 5.73 Å². The van der Waals surface area contributed by atoms with Gasteiger partial charge in [0.2, 0.25) is 0 Å². The lowest BCUT2D eigenvalue weighted by molar-refractivity contribution is 1.14. The Balaban J connectivity index is 0. The third kappa shape index (κ3) is 35.3. The van der Waals surface area contributed by atoms with Crippen molar-refractivity contribution < 1.29 is 1.37 Å². The van der Waals surface area contributed by atoms with Crippen LogP contribution in [0, 0.1) is 12.8 Å². The van der Waals surface area contributed by atoms with E-state index in [-0.39, 0.29) is 0 Å². The number of rotatable bonds is 0. The van der Waals surface area contributed by atoms with Gasteiger partial charge in [0.15, 0.2) is 0 Å². The molecule has 5 heavy (non-hydrogen) atoms. The fraction of sp³-hybridized carbons (Fsp3) is 0.500. The highest BCUT2D eigenvalue weighted by Gasteiger charge is 1.32. The molecule has 0 saturated heterocycles. The van der Waals surface area contributed by atoms with Crippen LogP contribution in [0.15, 0.2) is 0 Å². The summed E-state index contributed by atoms with van der Waals surface area (Å²) in [6, 6.07) is 0. The minimum Gasteiger partial charge on any atom is -0.331 e. The minimum absolute atomic E-state index is 0.750. The Morgan fingerprint density at radius 3 is 2.20 bits per heavy atom. The van der Waals surface area contributed by atoms with Crippen LogP contribution < -0.4 is 5.73 Å². The Morgan fingerprint density at radius 2 is 2.20 bits per heavy atom. The largest absolute Gasteiger partial charge is 0.331 e. The van der Waals surface area contributed by atoms with Crippen molar-refractivity contribution in [1.82, 2.24) is 0 Å². The van der Waals surface area contributed by atoms with Gasteiger partial charge in [-0.25, -0.2) is 0 Å². The van der Waals surface area contributed by atoms with Gasteiger partial charge in [-0.1, -0.05) is 6.92 Å². The molecule has 0 rings (SSSR count). The molecular formula is C4H9N. The van der Waals surface area contributed by atoms with Crippen LogP contribution in [0.5, 0.6) is 0 Å². The molecule has 0 atom stereocenters. The fourth-order valence-corrected chi connectivity index (χ4v) is 0. The first kappa shape index (κ1) is 4.52. The second kappa shape index (κ2) is 82.7. The summed E-state index contributed by atoms with van der Waals surface area (Å²) >= 11 is 0. The summed E-state index contributed by atoms with van der Waals surface area (Å²) in [5.41, 5.74) is 4.85. The quantitative estimate of drug-likeness (QED) is 0.407. The topological polar surface area (TPSA) is 26.0 Å². The van der Waals surface area contributed by atoms with Crippen molar-refractivity contribution in [1.29, 1.82) is 0 Å². The predicted octanol–water partition coefficient (Wildman–Crippen LogP) is 0.214. The fourth-order valence-electron chi connectivity index (χ4n) is 0. The van der Waals surface area contributed by atoms with Crippen molar-refractivity contribution >= 4 is 0 Å². The van der Waals surface area contributed by atoms with E-state index in [1.54, 1.807) is 0 Å². The van der Waals surface area contributed by atoms with E-state index < -0.39 is 0 Å². The maximum atomic E-state index is 5.74. The zero-order valence-corrected chi connectivity index (χ0v) is 3.36. The molecule has 1 heteroatoms. The Hall–Kier alpha value is -0.480. The summed E-state index contributed by atoms with van der Waals surface area (Å²) in [4.78, 5) is 0. The van der Waals surface area contributed by atoms with Gasteiger partial charge >= 0.3 is 0 Å². The standard InChI is InChI=1S/C2H7N.C2H2/c1-2-3;1-2/h2-3H2,1H3;1-2H/i;1D. The highest BCUT2D eigenvalue weighted by molar-refractivity contribution is 4.47. The van der Waals surface area contributed by atoms with Crippen LogP contribution in [0.4, 0.5) is 0 Å². The average molecular weight is 72.1 g/mol. The summed E-state index contributed by atoms with van der Waals surface area (Å²) in [6.45, 7) is 2.65. The number of hydrogen-bond donors (Lipinski definition) is 1.